The highest BCUT2D eigenvalue weighted by molar-refractivity contribution is 9.10. The molecule has 10 heteroatoms. The third-order valence-electron chi connectivity index (χ3n) is 4.82. The van der Waals surface area contributed by atoms with Crippen molar-refractivity contribution in [2.75, 3.05) is 21.3 Å². The Hall–Kier alpha value is -3.53. The Labute approximate surface area is 206 Å². The molecule has 0 aromatic heterocycles. The molecule has 2 amide bonds. The number of carboxylic acids is 1. The lowest BCUT2D eigenvalue weighted by Crippen LogP contribution is -2.47. The van der Waals surface area contributed by atoms with Crippen LogP contribution in [0.1, 0.15) is 29.8 Å². The Bertz CT molecular complexity index is 1060. The standard InChI is InChI=1S/C24H27BrN2O7/c1-13(2)20(24(30)31)27-23(29)17(10-14-6-8-16(25)9-7-14)26-22(28)15-11-18(32-3)21(34-5)19(12-15)33-4/h6-13,20H,1-5H3,(H,26,28)(H,27,29)(H,30,31). The van der Waals surface area contributed by atoms with Crippen LogP contribution in [0.3, 0.4) is 0 Å². The number of rotatable bonds is 10. The summed E-state index contributed by atoms with van der Waals surface area (Å²) >= 11 is 3.35. The molecule has 2 aromatic carbocycles. The number of carbonyl (C=O) groups is 3. The summed E-state index contributed by atoms with van der Waals surface area (Å²) in [5.74, 6) is -2.09. The quantitative estimate of drug-likeness (QED) is 0.398. The van der Waals surface area contributed by atoms with Gasteiger partial charge in [-0.3, -0.25) is 9.59 Å². The van der Waals surface area contributed by atoms with Gasteiger partial charge in [-0.15, -0.1) is 0 Å². The number of carbonyl (C=O) groups excluding carboxylic acids is 2. The number of nitrogens with one attached hydrogen (secondary N) is 2. The van der Waals surface area contributed by atoms with Gasteiger partial charge in [-0.05, 0) is 41.8 Å². The molecule has 9 nitrogen and oxygen atoms in total. The van der Waals surface area contributed by atoms with Gasteiger partial charge in [0.05, 0.1) is 21.3 Å². The molecule has 0 spiro atoms. The fourth-order valence-corrected chi connectivity index (χ4v) is 3.29. The lowest BCUT2D eigenvalue weighted by atomic mass is 10.0. The van der Waals surface area contributed by atoms with Crippen molar-refractivity contribution in [2.24, 2.45) is 5.92 Å². The van der Waals surface area contributed by atoms with Gasteiger partial charge in [-0.25, -0.2) is 4.79 Å². The van der Waals surface area contributed by atoms with E-state index in [1.807, 2.05) is 0 Å². The molecule has 3 N–H and O–H groups in total. The number of hydrogen-bond acceptors (Lipinski definition) is 6. The molecule has 0 radical (unpaired) electrons. The van der Waals surface area contributed by atoms with Crippen molar-refractivity contribution in [1.29, 1.82) is 0 Å². The molecule has 0 aliphatic heterocycles. The summed E-state index contributed by atoms with van der Waals surface area (Å²) in [7, 11) is 4.28. The summed E-state index contributed by atoms with van der Waals surface area (Å²) in [6.07, 6.45) is 1.46. The van der Waals surface area contributed by atoms with E-state index in [-0.39, 0.29) is 28.7 Å². The van der Waals surface area contributed by atoms with Gasteiger partial charge in [0.1, 0.15) is 11.7 Å². The van der Waals surface area contributed by atoms with E-state index in [0.717, 1.165) is 4.47 Å². The molecule has 0 aliphatic rings. The van der Waals surface area contributed by atoms with E-state index in [2.05, 4.69) is 26.6 Å². The predicted octanol–water partition coefficient (Wildman–Crippen LogP) is 3.47. The first-order valence-electron chi connectivity index (χ1n) is 10.2. The maximum absolute atomic E-state index is 13.1. The van der Waals surface area contributed by atoms with Crippen LogP contribution in [0.5, 0.6) is 17.2 Å². The largest absolute Gasteiger partial charge is 0.493 e. The summed E-state index contributed by atoms with van der Waals surface area (Å²) in [6.45, 7) is 3.34. The van der Waals surface area contributed by atoms with Gasteiger partial charge in [0.2, 0.25) is 5.75 Å². The fraction of sp³-hybridized carbons (Fsp3) is 0.292. The van der Waals surface area contributed by atoms with Gasteiger partial charge in [0, 0.05) is 10.0 Å². The zero-order chi connectivity index (χ0) is 25.4. The number of aliphatic carboxylic acids is 1. The van der Waals surface area contributed by atoms with Gasteiger partial charge < -0.3 is 30.0 Å². The number of hydrogen-bond donors (Lipinski definition) is 3. The number of carboxylic acid groups (broad SMARTS) is 1. The second-order valence-electron chi connectivity index (χ2n) is 7.51. The SMILES string of the molecule is COc1cc(C(=O)NC(=Cc2ccc(Br)cc2)C(=O)NC(C(=O)O)C(C)C)cc(OC)c1OC. The van der Waals surface area contributed by atoms with Crippen molar-refractivity contribution >= 4 is 39.8 Å². The predicted molar refractivity (Wildman–Crippen MR) is 130 cm³/mol. The summed E-state index contributed by atoms with van der Waals surface area (Å²) in [4.78, 5) is 37.7. The Morgan fingerprint density at radius 1 is 0.971 bits per heavy atom. The van der Waals surface area contributed by atoms with E-state index in [1.165, 1.54) is 39.5 Å². The third-order valence-corrected chi connectivity index (χ3v) is 5.35. The van der Waals surface area contributed by atoms with Gasteiger partial charge in [0.25, 0.3) is 11.8 Å². The van der Waals surface area contributed by atoms with Gasteiger partial charge in [0.15, 0.2) is 11.5 Å². The van der Waals surface area contributed by atoms with Gasteiger partial charge in [-0.1, -0.05) is 41.9 Å². The first kappa shape index (κ1) is 26.7. The molecule has 2 aromatic rings. The van der Waals surface area contributed by atoms with Gasteiger partial charge >= 0.3 is 5.97 Å². The van der Waals surface area contributed by atoms with Crippen LogP contribution in [0.4, 0.5) is 0 Å². The van der Waals surface area contributed by atoms with E-state index in [9.17, 15) is 19.5 Å². The minimum absolute atomic E-state index is 0.132. The summed E-state index contributed by atoms with van der Waals surface area (Å²) in [5, 5.41) is 14.5. The number of ether oxygens (including phenoxy) is 3. The van der Waals surface area contributed by atoms with Crippen LogP contribution in [0, 0.1) is 5.92 Å². The molecule has 0 heterocycles. The normalized spacial score (nSPS) is 12.0. The highest BCUT2D eigenvalue weighted by Crippen LogP contribution is 2.38. The van der Waals surface area contributed by atoms with Crippen molar-refractivity contribution in [1.82, 2.24) is 10.6 Å². The topological polar surface area (TPSA) is 123 Å². The van der Waals surface area contributed by atoms with Crippen LogP contribution in [0.25, 0.3) is 6.08 Å². The monoisotopic (exact) mass is 534 g/mol. The minimum atomic E-state index is -1.18. The molecule has 0 aliphatic carbocycles. The van der Waals surface area contributed by atoms with Crippen LogP contribution >= 0.6 is 15.9 Å². The first-order valence-corrected chi connectivity index (χ1v) is 11.0. The highest BCUT2D eigenvalue weighted by atomic mass is 79.9. The maximum atomic E-state index is 13.1. The van der Waals surface area contributed by atoms with E-state index in [0.29, 0.717) is 11.3 Å². The Balaban J connectivity index is 2.45. The average molecular weight is 535 g/mol. The van der Waals surface area contributed by atoms with E-state index in [4.69, 9.17) is 14.2 Å². The zero-order valence-corrected chi connectivity index (χ0v) is 21.1. The zero-order valence-electron chi connectivity index (χ0n) is 19.5. The molecule has 34 heavy (non-hydrogen) atoms. The summed E-state index contributed by atoms with van der Waals surface area (Å²) in [6, 6.07) is 8.77. The molecule has 0 bridgehead atoms. The summed E-state index contributed by atoms with van der Waals surface area (Å²) < 4.78 is 16.7. The lowest BCUT2D eigenvalue weighted by Gasteiger charge is -2.19. The molecule has 182 valence electrons. The van der Waals surface area contributed by atoms with Crippen LogP contribution < -0.4 is 24.8 Å². The molecule has 0 saturated heterocycles. The average Bonchev–Trinajstić information content (AvgIpc) is 2.81. The molecule has 0 fully saturated rings. The Morgan fingerprint density at radius 2 is 1.53 bits per heavy atom. The highest BCUT2D eigenvalue weighted by Gasteiger charge is 2.26. The fourth-order valence-electron chi connectivity index (χ4n) is 3.02. The van der Waals surface area contributed by atoms with Gasteiger partial charge in [-0.2, -0.15) is 0 Å². The van der Waals surface area contributed by atoms with Crippen LogP contribution in [-0.4, -0.2) is 50.3 Å². The number of amides is 2. The molecular formula is C24H27BrN2O7. The number of methoxy groups -OCH3 is 3. The summed E-state index contributed by atoms with van der Waals surface area (Å²) in [5.41, 5.74) is 0.630. The second-order valence-corrected chi connectivity index (χ2v) is 8.43. The van der Waals surface area contributed by atoms with Crippen molar-refractivity contribution in [3.63, 3.8) is 0 Å². The second kappa shape index (κ2) is 12.1. The maximum Gasteiger partial charge on any atom is 0.326 e. The van der Waals surface area contributed by atoms with Crippen LogP contribution in [-0.2, 0) is 9.59 Å². The molecule has 2 rings (SSSR count). The van der Waals surface area contributed by atoms with Crippen molar-refractivity contribution in [3.05, 3.63) is 57.7 Å². The molecular weight excluding hydrogens is 508 g/mol. The van der Waals surface area contributed by atoms with E-state index < -0.39 is 23.8 Å². The number of benzene rings is 2. The third kappa shape index (κ3) is 6.74. The smallest absolute Gasteiger partial charge is 0.326 e. The molecule has 0 saturated carbocycles. The van der Waals surface area contributed by atoms with Crippen molar-refractivity contribution in [3.8, 4) is 17.2 Å². The Kier molecular flexibility index (Phi) is 9.49. The van der Waals surface area contributed by atoms with E-state index >= 15 is 0 Å². The lowest BCUT2D eigenvalue weighted by molar-refractivity contribution is -0.142. The van der Waals surface area contributed by atoms with Crippen LogP contribution in [0.2, 0.25) is 0 Å². The van der Waals surface area contributed by atoms with Crippen LogP contribution in [0.15, 0.2) is 46.6 Å². The first-order chi connectivity index (χ1) is 16.1. The number of halogens is 1. The van der Waals surface area contributed by atoms with Crippen molar-refractivity contribution < 1.29 is 33.7 Å². The molecule has 1 unspecified atom stereocenters. The van der Waals surface area contributed by atoms with E-state index in [1.54, 1.807) is 38.1 Å². The van der Waals surface area contributed by atoms with Crippen molar-refractivity contribution in [2.45, 2.75) is 19.9 Å². The molecule has 1 atom stereocenters. The Morgan fingerprint density at radius 3 is 1.97 bits per heavy atom. The minimum Gasteiger partial charge on any atom is -0.493 e.